The van der Waals surface area contributed by atoms with Gasteiger partial charge in [0, 0.05) is 45.3 Å². The van der Waals surface area contributed by atoms with Crippen LogP contribution in [0.2, 0.25) is 0 Å². The van der Waals surface area contributed by atoms with Crippen molar-refractivity contribution in [2.75, 3.05) is 11.4 Å². The molecule has 1 aliphatic rings. The number of aromatic nitrogens is 1. The first kappa shape index (κ1) is 33.0. The van der Waals surface area contributed by atoms with Crippen LogP contribution in [0.4, 0.5) is 11.4 Å². The molecule has 0 radical (unpaired) electrons. The zero-order valence-electron chi connectivity index (χ0n) is 31.4. The van der Waals surface area contributed by atoms with Crippen LogP contribution in [0.3, 0.4) is 0 Å². The Morgan fingerprint density at radius 2 is 0.982 bits per heavy atom. The largest absolute Gasteiger partial charge is 0.337 e. The van der Waals surface area contributed by atoms with Gasteiger partial charge in [0.2, 0.25) is 0 Å². The van der Waals surface area contributed by atoms with E-state index in [-0.39, 0.29) is 0 Å². The third-order valence-electron chi connectivity index (χ3n) is 11.8. The van der Waals surface area contributed by atoms with Crippen LogP contribution in [0.1, 0.15) is 5.56 Å². The van der Waals surface area contributed by atoms with Crippen molar-refractivity contribution in [1.82, 2.24) is 4.57 Å². The van der Waals surface area contributed by atoms with Crippen molar-refractivity contribution in [3.05, 3.63) is 218 Å². The third kappa shape index (κ3) is 5.41. The molecule has 0 aliphatic carbocycles. The molecule has 0 fully saturated rings. The maximum atomic E-state index is 4.40. The standard InChI is InChI=1S/C55H38N2/c1-37-15-3-2-12-34-56(52-25-9-6-16-42(37)52)53-33-32-48(47-17-4-5-18-49(47)53)46-24-14-22-44-43(21-13-23-45(44)46)40-29-28-39-36-41(31-30-38(39)35-40)57-54-26-10-7-19-50(54)51-20-8-11-27-55(51)57/h2-33,35-36H,1,34H2/b12-2-,15-3-. The quantitative estimate of drug-likeness (QED) is 0.175. The average Bonchev–Trinajstić information content (AvgIpc) is 3.64. The maximum absolute atomic E-state index is 4.40. The van der Waals surface area contributed by atoms with Gasteiger partial charge in [0.1, 0.15) is 0 Å². The second-order valence-corrected chi connectivity index (χ2v) is 14.9. The van der Waals surface area contributed by atoms with Crippen LogP contribution in [-0.4, -0.2) is 11.1 Å². The molecule has 0 bridgehead atoms. The summed E-state index contributed by atoms with van der Waals surface area (Å²) in [5, 5.41) is 9.94. The fourth-order valence-corrected chi connectivity index (χ4v) is 9.10. The highest BCUT2D eigenvalue weighted by molar-refractivity contribution is 6.13. The topological polar surface area (TPSA) is 8.17 Å². The number of benzene rings is 9. The minimum absolute atomic E-state index is 0.753. The van der Waals surface area contributed by atoms with Crippen molar-refractivity contribution in [3.8, 4) is 27.9 Å². The van der Waals surface area contributed by atoms with Crippen molar-refractivity contribution >= 4 is 71.1 Å². The molecule has 2 heterocycles. The monoisotopic (exact) mass is 726 g/mol. The predicted octanol–water partition coefficient (Wildman–Crippen LogP) is 14.9. The molecule has 2 heteroatoms. The fraction of sp³-hybridized carbons (Fsp3) is 0.0182. The van der Waals surface area contributed by atoms with Crippen LogP contribution in [0, 0.1) is 0 Å². The fourth-order valence-electron chi connectivity index (χ4n) is 9.10. The van der Waals surface area contributed by atoms with Gasteiger partial charge in [-0.3, -0.25) is 0 Å². The number of allylic oxidation sites excluding steroid dienone is 4. The van der Waals surface area contributed by atoms with Crippen molar-refractivity contribution in [2.24, 2.45) is 0 Å². The van der Waals surface area contributed by atoms with E-state index in [4.69, 9.17) is 0 Å². The minimum Gasteiger partial charge on any atom is -0.337 e. The molecule has 9 aromatic carbocycles. The normalized spacial score (nSPS) is 14.2. The third-order valence-corrected chi connectivity index (χ3v) is 11.8. The smallest absolute Gasteiger partial charge is 0.0541 e. The van der Waals surface area contributed by atoms with Crippen molar-refractivity contribution in [1.29, 1.82) is 0 Å². The van der Waals surface area contributed by atoms with Gasteiger partial charge in [-0.1, -0.05) is 170 Å². The van der Waals surface area contributed by atoms with E-state index in [1.807, 2.05) is 0 Å². The molecule has 10 aromatic rings. The summed E-state index contributed by atoms with van der Waals surface area (Å²) >= 11 is 0. The van der Waals surface area contributed by atoms with E-state index in [9.17, 15) is 0 Å². The Bertz CT molecular complexity index is 3250. The highest BCUT2D eigenvalue weighted by Crippen LogP contribution is 2.43. The van der Waals surface area contributed by atoms with Crippen LogP contribution in [0.15, 0.2) is 213 Å². The molecular weight excluding hydrogens is 689 g/mol. The van der Waals surface area contributed by atoms with E-state index in [1.54, 1.807) is 0 Å². The molecule has 0 amide bonds. The summed E-state index contributed by atoms with van der Waals surface area (Å²) in [4.78, 5) is 2.42. The molecule has 57 heavy (non-hydrogen) atoms. The first-order chi connectivity index (χ1) is 28.2. The maximum Gasteiger partial charge on any atom is 0.0541 e. The Kier molecular flexibility index (Phi) is 7.75. The summed E-state index contributed by atoms with van der Waals surface area (Å²) < 4.78 is 2.39. The first-order valence-electron chi connectivity index (χ1n) is 19.7. The van der Waals surface area contributed by atoms with Crippen LogP contribution in [0.5, 0.6) is 0 Å². The van der Waals surface area contributed by atoms with Gasteiger partial charge in [0.05, 0.1) is 11.0 Å². The van der Waals surface area contributed by atoms with Gasteiger partial charge in [0.15, 0.2) is 0 Å². The summed E-state index contributed by atoms with van der Waals surface area (Å²) in [5.41, 5.74) is 13.0. The number of hydrogen-bond donors (Lipinski definition) is 0. The Hall–Kier alpha value is -7.42. The van der Waals surface area contributed by atoms with E-state index in [0.717, 1.165) is 23.4 Å². The van der Waals surface area contributed by atoms with Gasteiger partial charge < -0.3 is 9.47 Å². The summed E-state index contributed by atoms with van der Waals surface area (Å²) in [6.07, 6.45) is 8.52. The highest BCUT2D eigenvalue weighted by atomic mass is 15.1. The second kappa shape index (κ2) is 13.4. The van der Waals surface area contributed by atoms with Crippen LogP contribution < -0.4 is 4.90 Å². The number of rotatable bonds is 4. The molecule has 0 N–H and O–H groups in total. The predicted molar refractivity (Wildman–Crippen MR) is 245 cm³/mol. The summed E-state index contributed by atoms with van der Waals surface area (Å²) in [7, 11) is 0. The lowest BCUT2D eigenvalue weighted by Crippen LogP contribution is -2.18. The van der Waals surface area contributed by atoms with Gasteiger partial charge in [-0.25, -0.2) is 0 Å². The van der Waals surface area contributed by atoms with E-state index in [0.29, 0.717) is 0 Å². The highest BCUT2D eigenvalue weighted by Gasteiger charge is 2.19. The number of anilines is 2. The number of fused-ring (bicyclic) bond motifs is 7. The molecular formula is C55H38N2. The first-order valence-corrected chi connectivity index (χ1v) is 19.7. The summed E-state index contributed by atoms with van der Waals surface area (Å²) in [6.45, 7) is 5.15. The Morgan fingerprint density at radius 3 is 1.79 bits per heavy atom. The van der Waals surface area contributed by atoms with Gasteiger partial charge in [-0.2, -0.15) is 0 Å². The van der Waals surface area contributed by atoms with E-state index < -0.39 is 0 Å². The van der Waals surface area contributed by atoms with Gasteiger partial charge >= 0.3 is 0 Å². The van der Waals surface area contributed by atoms with E-state index in [1.165, 1.54) is 87.8 Å². The van der Waals surface area contributed by atoms with Gasteiger partial charge in [-0.05, 0) is 97.2 Å². The van der Waals surface area contributed by atoms with Crippen LogP contribution >= 0.6 is 0 Å². The van der Waals surface area contributed by atoms with E-state index in [2.05, 4.69) is 222 Å². The van der Waals surface area contributed by atoms with Gasteiger partial charge in [0.25, 0.3) is 0 Å². The second-order valence-electron chi connectivity index (χ2n) is 14.9. The van der Waals surface area contributed by atoms with E-state index >= 15 is 0 Å². The van der Waals surface area contributed by atoms with Crippen molar-refractivity contribution in [2.45, 2.75) is 0 Å². The molecule has 2 nitrogen and oxygen atoms in total. The van der Waals surface area contributed by atoms with Crippen molar-refractivity contribution < 1.29 is 0 Å². The molecule has 268 valence electrons. The molecule has 1 aromatic heterocycles. The lowest BCUT2D eigenvalue weighted by molar-refractivity contribution is 1.10. The summed E-state index contributed by atoms with van der Waals surface area (Å²) in [6, 6.07) is 66.7. The van der Waals surface area contributed by atoms with Crippen LogP contribution in [0.25, 0.3) is 87.6 Å². The Labute approximate surface area is 332 Å². The zero-order valence-corrected chi connectivity index (χ0v) is 31.4. The molecule has 0 saturated carbocycles. The molecule has 0 unspecified atom stereocenters. The average molecular weight is 727 g/mol. The molecule has 0 saturated heterocycles. The van der Waals surface area contributed by atoms with Crippen molar-refractivity contribution in [3.63, 3.8) is 0 Å². The molecule has 0 atom stereocenters. The zero-order chi connectivity index (χ0) is 37.9. The minimum atomic E-state index is 0.753. The molecule has 11 rings (SSSR count). The molecule has 0 spiro atoms. The van der Waals surface area contributed by atoms with Gasteiger partial charge in [-0.15, -0.1) is 0 Å². The number of hydrogen-bond acceptors (Lipinski definition) is 1. The lowest BCUT2D eigenvalue weighted by Gasteiger charge is -2.28. The lowest BCUT2D eigenvalue weighted by atomic mass is 9.90. The summed E-state index contributed by atoms with van der Waals surface area (Å²) in [5.74, 6) is 0. The Balaban J connectivity index is 1.01. The Morgan fingerprint density at radius 1 is 0.404 bits per heavy atom. The molecule has 1 aliphatic heterocycles. The SMILES string of the molecule is C=C1/C=C\C=C/CN(c2ccc(-c3cccc4c(-c5ccc6cc(-n7c8ccccc8c8ccccc87)ccc6c5)cccc34)c3ccccc23)c2ccccc21. The number of nitrogens with zero attached hydrogens (tertiary/aromatic N) is 2. The number of para-hydroxylation sites is 3. The van der Waals surface area contributed by atoms with Crippen LogP contribution in [-0.2, 0) is 0 Å².